The van der Waals surface area contributed by atoms with E-state index in [9.17, 15) is 0 Å². The molecule has 0 aliphatic carbocycles. The van der Waals surface area contributed by atoms with Gasteiger partial charge in [-0.3, -0.25) is 0 Å². The van der Waals surface area contributed by atoms with Crippen LogP contribution in [0.5, 0.6) is 0 Å². The van der Waals surface area contributed by atoms with E-state index < -0.39 is 0 Å². The number of hydrogen-bond acceptors (Lipinski definition) is 2. The maximum absolute atomic E-state index is 4.29. The van der Waals surface area contributed by atoms with Gasteiger partial charge in [0.1, 0.15) is 0 Å². The van der Waals surface area contributed by atoms with Gasteiger partial charge in [-0.2, -0.15) is 5.10 Å². The lowest BCUT2D eigenvalue weighted by molar-refractivity contribution is 0.844. The van der Waals surface area contributed by atoms with E-state index in [1.54, 1.807) is 10.9 Å². The van der Waals surface area contributed by atoms with E-state index >= 15 is 0 Å². The van der Waals surface area contributed by atoms with Gasteiger partial charge in [-0.05, 0) is 24.1 Å². The summed E-state index contributed by atoms with van der Waals surface area (Å²) in [6, 6.07) is 5.86. The Morgan fingerprint density at radius 2 is 2.36 bits per heavy atom. The van der Waals surface area contributed by atoms with E-state index in [1.165, 1.54) is 0 Å². The molecule has 0 saturated carbocycles. The molecule has 2 aromatic heterocycles. The molecule has 0 amide bonds. The van der Waals surface area contributed by atoms with Gasteiger partial charge in [-0.15, -0.1) is 6.58 Å². The van der Waals surface area contributed by atoms with Crippen LogP contribution in [0.15, 0.2) is 49.4 Å². The second kappa shape index (κ2) is 3.87. The quantitative estimate of drug-likeness (QED) is 0.685. The van der Waals surface area contributed by atoms with Gasteiger partial charge in [-0.25, -0.2) is 9.67 Å². The Bertz CT molecular complexity index is 401. The third kappa shape index (κ3) is 1.71. The van der Waals surface area contributed by atoms with Crippen molar-refractivity contribution < 1.29 is 0 Å². The van der Waals surface area contributed by atoms with E-state index in [4.69, 9.17) is 0 Å². The minimum atomic E-state index is 0.836. The molecule has 0 fully saturated rings. The van der Waals surface area contributed by atoms with Crippen LogP contribution in [0.2, 0.25) is 0 Å². The molecule has 2 rings (SSSR count). The van der Waals surface area contributed by atoms with Crippen LogP contribution in [0.1, 0.15) is 5.56 Å². The van der Waals surface area contributed by atoms with Crippen molar-refractivity contribution in [3.05, 3.63) is 55.0 Å². The monoisotopic (exact) mass is 185 g/mol. The van der Waals surface area contributed by atoms with Crippen molar-refractivity contribution in [1.29, 1.82) is 0 Å². The minimum Gasteiger partial charge on any atom is -0.237 e. The first-order valence-electron chi connectivity index (χ1n) is 4.46. The highest BCUT2D eigenvalue weighted by Gasteiger charge is 1.96. The molecule has 3 nitrogen and oxygen atoms in total. The summed E-state index contributed by atoms with van der Waals surface area (Å²) < 4.78 is 1.73. The van der Waals surface area contributed by atoms with Crippen molar-refractivity contribution in [2.45, 2.75) is 6.42 Å². The SMILES string of the molecule is C=CCc1ccc(-n2cccn2)nc1. The van der Waals surface area contributed by atoms with Crippen molar-refractivity contribution in [3.8, 4) is 5.82 Å². The highest BCUT2D eigenvalue weighted by atomic mass is 15.3. The second-order valence-corrected chi connectivity index (χ2v) is 2.97. The van der Waals surface area contributed by atoms with E-state index in [0.717, 1.165) is 17.8 Å². The molecule has 3 heteroatoms. The molecule has 0 unspecified atom stereocenters. The predicted molar refractivity (Wildman–Crippen MR) is 55.3 cm³/mol. The van der Waals surface area contributed by atoms with Crippen molar-refractivity contribution in [2.24, 2.45) is 0 Å². The van der Waals surface area contributed by atoms with Crippen molar-refractivity contribution in [2.75, 3.05) is 0 Å². The van der Waals surface area contributed by atoms with Gasteiger partial charge in [-0.1, -0.05) is 12.1 Å². The number of hydrogen-bond donors (Lipinski definition) is 0. The summed E-state index contributed by atoms with van der Waals surface area (Å²) >= 11 is 0. The third-order valence-corrected chi connectivity index (χ3v) is 1.93. The zero-order valence-electron chi connectivity index (χ0n) is 7.80. The first kappa shape index (κ1) is 8.69. The average Bonchev–Trinajstić information content (AvgIpc) is 2.72. The molecule has 2 heterocycles. The maximum Gasteiger partial charge on any atom is 0.153 e. The molecule has 14 heavy (non-hydrogen) atoms. The third-order valence-electron chi connectivity index (χ3n) is 1.93. The maximum atomic E-state index is 4.29. The summed E-state index contributed by atoms with van der Waals surface area (Å²) in [4.78, 5) is 4.29. The van der Waals surface area contributed by atoms with Crippen LogP contribution in [-0.4, -0.2) is 14.8 Å². The fourth-order valence-electron chi connectivity index (χ4n) is 1.24. The molecule has 0 aliphatic rings. The van der Waals surface area contributed by atoms with Crippen LogP contribution in [-0.2, 0) is 6.42 Å². The summed E-state index contributed by atoms with van der Waals surface area (Å²) in [5.41, 5.74) is 1.16. The molecule has 0 atom stereocenters. The highest BCUT2D eigenvalue weighted by molar-refractivity contribution is 5.25. The van der Waals surface area contributed by atoms with Gasteiger partial charge in [0.25, 0.3) is 0 Å². The molecule has 0 aromatic carbocycles. The fourth-order valence-corrected chi connectivity index (χ4v) is 1.24. The average molecular weight is 185 g/mol. The van der Waals surface area contributed by atoms with Crippen LogP contribution in [0.4, 0.5) is 0 Å². The van der Waals surface area contributed by atoms with Gasteiger partial charge in [0.2, 0.25) is 0 Å². The van der Waals surface area contributed by atoms with E-state index in [-0.39, 0.29) is 0 Å². The fraction of sp³-hybridized carbons (Fsp3) is 0.0909. The number of pyridine rings is 1. The number of aromatic nitrogens is 3. The molecule has 70 valence electrons. The molecule has 2 aromatic rings. The lowest BCUT2D eigenvalue weighted by Crippen LogP contribution is -1.97. The van der Waals surface area contributed by atoms with Crippen LogP contribution < -0.4 is 0 Å². The molecule has 0 radical (unpaired) electrons. The van der Waals surface area contributed by atoms with Crippen LogP contribution in [0, 0.1) is 0 Å². The van der Waals surface area contributed by atoms with E-state index in [0.29, 0.717) is 0 Å². The Balaban J connectivity index is 2.26. The number of nitrogens with zero attached hydrogens (tertiary/aromatic N) is 3. The summed E-state index contributed by atoms with van der Waals surface area (Å²) in [6.45, 7) is 3.68. The van der Waals surface area contributed by atoms with E-state index in [2.05, 4.69) is 16.7 Å². The second-order valence-electron chi connectivity index (χ2n) is 2.97. The lowest BCUT2D eigenvalue weighted by Gasteiger charge is -2.00. The Morgan fingerprint density at radius 1 is 1.43 bits per heavy atom. The zero-order valence-corrected chi connectivity index (χ0v) is 7.80. The molecular formula is C11H11N3. The van der Waals surface area contributed by atoms with Gasteiger partial charge in [0, 0.05) is 18.6 Å². The molecule has 0 saturated heterocycles. The Hall–Kier alpha value is -1.90. The zero-order chi connectivity index (χ0) is 9.80. The summed E-state index contributed by atoms with van der Waals surface area (Å²) in [5.74, 6) is 0.836. The molecule has 0 bridgehead atoms. The largest absolute Gasteiger partial charge is 0.237 e. The standard InChI is InChI=1S/C11H11N3/c1-2-4-10-5-6-11(12-9-10)14-8-3-7-13-14/h2-3,5-9H,1,4H2. The molecular weight excluding hydrogens is 174 g/mol. The first-order chi connectivity index (χ1) is 6.90. The van der Waals surface area contributed by atoms with Crippen molar-refractivity contribution in [1.82, 2.24) is 14.8 Å². The van der Waals surface area contributed by atoms with Gasteiger partial charge >= 0.3 is 0 Å². The number of rotatable bonds is 3. The van der Waals surface area contributed by atoms with Crippen LogP contribution in [0.3, 0.4) is 0 Å². The Morgan fingerprint density at radius 3 is 2.93 bits per heavy atom. The normalized spacial score (nSPS) is 10.0. The smallest absolute Gasteiger partial charge is 0.153 e. The molecule has 0 spiro atoms. The van der Waals surface area contributed by atoms with Gasteiger partial charge in [0.15, 0.2) is 5.82 Å². The van der Waals surface area contributed by atoms with Crippen molar-refractivity contribution >= 4 is 0 Å². The Labute approximate surface area is 82.7 Å². The number of allylic oxidation sites excluding steroid dienone is 1. The van der Waals surface area contributed by atoms with Crippen LogP contribution in [0.25, 0.3) is 5.82 Å². The van der Waals surface area contributed by atoms with Gasteiger partial charge in [0.05, 0.1) is 0 Å². The summed E-state index contributed by atoms with van der Waals surface area (Å²) in [7, 11) is 0. The van der Waals surface area contributed by atoms with E-state index in [1.807, 2.05) is 36.7 Å². The highest BCUT2D eigenvalue weighted by Crippen LogP contribution is 2.05. The van der Waals surface area contributed by atoms with Crippen LogP contribution >= 0.6 is 0 Å². The van der Waals surface area contributed by atoms with Crippen molar-refractivity contribution in [3.63, 3.8) is 0 Å². The van der Waals surface area contributed by atoms with Gasteiger partial charge < -0.3 is 0 Å². The summed E-state index contributed by atoms with van der Waals surface area (Å²) in [5, 5.41) is 4.10. The first-order valence-corrected chi connectivity index (χ1v) is 4.46. The molecule has 0 aliphatic heterocycles. The summed E-state index contributed by atoms with van der Waals surface area (Å²) in [6.07, 6.45) is 8.17. The molecule has 0 N–H and O–H groups in total. The lowest BCUT2D eigenvalue weighted by atomic mass is 10.2. The Kier molecular flexibility index (Phi) is 2.40. The topological polar surface area (TPSA) is 30.7 Å². The predicted octanol–water partition coefficient (Wildman–Crippen LogP) is 2.00. The minimum absolute atomic E-state index is 0.836.